The zero-order valence-corrected chi connectivity index (χ0v) is 10.1. The molecule has 3 atom stereocenters. The van der Waals surface area contributed by atoms with E-state index in [1.165, 1.54) is 19.3 Å². The molecule has 3 heteroatoms. The maximum absolute atomic E-state index is 5.78. The molecule has 3 saturated carbocycles. The van der Waals surface area contributed by atoms with E-state index in [4.69, 9.17) is 9.73 Å². The lowest BCUT2D eigenvalue weighted by Gasteiger charge is -2.29. The van der Waals surface area contributed by atoms with E-state index in [1.54, 1.807) is 0 Å². The number of alkyl halides is 1. The number of nitrogens with zero attached hydrogens (tertiary/aromatic N) is 1. The number of hydrogen-bond acceptors (Lipinski definition) is 2. The highest BCUT2D eigenvalue weighted by Gasteiger charge is 2.98. The van der Waals surface area contributed by atoms with Crippen LogP contribution in [0, 0.1) is 10.8 Å². The molecule has 0 aromatic rings. The fourth-order valence-corrected chi connectivity index (χ4v) is 5.22. The highest BCUT2D eigenvalue weighted by atomic mass is 79.9. The number of rotatable bonds is 1. The van der Waals surface area contributed by atoms with E-state index >= 15 is 0 Å². The van der Waals surface area contributed by atoms with Crippen LogP contribution in [0.4, 0.5) is 0 Å². The van der Waals surface area contributed by atoms with Crippen molar-refractivity contribution in [2.45, 2.75) is 43.0 Å². The fourth-order valence-electron chi connectivity index (χ4n) is 3.74. The molecule has 0 saturated heterocycles. The van der Waals surface area contributed by atoms with Gasteiger partial charge in [-0.2, -0.15) is 0 Å². The summed E-state index contributed by atoms with van der Waals surface area (Å²) in [5, 5.41) is 0. The third kappa shape index (κ3) is 0.598. The molecule has 2 nitrogen and oxygen atoms in total. The molecule has 4 aliphatic rings. The first-order valence-corrected chi connectivity index (χ1v) is 6.15. The number of hydrogen-bond donors (Lipinski definition) is 0. The quantitative estimate of drug-likeness (QED) is 0.660. The van der Waals surface area contributed by atoms with Crippen molar-refractivity contribution in [3.05, 3.63) is 0 Å². The summed E-state index contributed by atoms with van der Waals surface area (Å²) in [4.78, 5) is 4.73. The van der Waals surface area contributed by atoms with Gasteiger partial charge in [0, 0.05) is 9.74 Å². The SMILES string of the molecule is CC1(C)COC(C23CC4(Br)CC42C3)=N1. The minimum Gasteiger partial charge on any atom is -0.478 e. The summed E-state index contributed by atoms with van der Waals surface area (Å²) in [5.74, 6) is 1.08. The molecular weight excluding hydrogens is 242 g/mol. The van der Waals surface area contributed by atoms with Gasteiger partial charge in [0.25, 0.3) is 0 Å². The zero-order valence-electron chi connectivity index (χ0n) is 8.56. The largest absolute Gasteiger partial charge is 0.478 e. The molecule has 3 fully saturated rings. The average Bonchev–Trinajstić information content (AvgIpc) is 2.67. The second-order valence-electron chi connectivity index (χ2n) is 6.18. The van der Waals surface area contributed by atoms with E-state index in [1.807, 2.05) is 0 Å². The first-order chi connectivity index (χ1) is 6.43. The average molecular weight is 256 g/mol. The van der Waals surface area contributed by atoms with E-state index in [0.717, 1.165) is 12.5 Å². The topological polar surface area (TPSA) is 21.6 Å². The molecule has 0 N–H and O–H groups in total. The van der Waals surface area contributed by atoms with E-state index in [0.29, 0.717) is 15.2 Å². The van der Waals surface area contributed by atoms with Crippen LogP contribution in [-0.2, 0) is 4.74 Å². The maximum atomic E-state index is 5.78. The zero-order chi connectivity index (χ0) is 9.82. The van der Waals surface area contributed by atoms with E-state index in [9.17, 15) is 0 Å². The first-order valence-electron chi connectivity index (χ1n) is 5.35. The molecule has 1 spiro atoms. The van der Waals surface area contributed by atoms with Crippen LogP contribution in [0.2, 0.25) is 0 Å². The van der Waals surface area contributed by atoms with Crippen LogP contribution in [-0.4, -0.2) is 22.4 Å². The Labute approximate surface area is 92.2 Å². The molecule has 0 bridgehead atoms. The summed E-state index contributed by atoms with van der Waals surface area (Å²) >= 11 is 3.84. The smallest absolute Gasteiger partial charge is 0.191 e. The van der Waals surface area contributed by atoms with Crippen molar-refractivity contribution in [1.82, 2.24) is 0 Å². The Morgan fingerprint density at radius 2 is 2.07 bits per heavy atom. The van der Waals surface area contributed by atoms with Gasteiger partial charge in [-0.25, -0.2) is 4.99 Å². The number of ether oxygens (including phenoxy) is 1. The predicted molar refractivity (Wildman–Crippen MR) is 57.8 cm³/mol. The van der Waals surface area contributed by atoms with Gasteiger partial charge in [-0.3, -0.25) is 0 Å². The molecule has 3 unspecified atom stereocenters. The van der Waals surface area contributed by atoms with Crippen molar-refractivity contribution in [2.75, 3.05) is 6.61 Å². The molecular formula is C11H14BrNO. The minimum atomic E-state index is 0.0211. The summed E-state index contributed by atoms with van der Waals surface area (Å²) in [6, 6.07) is 0. The van der Waals surface area contributed by atoms with Crippen LogP contribution in [0.25, 0.3) is 0 Å². The van der Waals surface area contributed by atoms with Crippen molar-refractivity contribution in [3.63, 3.8) is 0 Å². The van der Waals surface area contributed by atoms with Gasteiger partial charge in [-0.1, -0.05) is 15.9 Å². The van der Waals surface area contributed by atoms with Gasteiger partial charge in [0.05, 0.1) is 11.0 Å². The maximum Gasteiger partial charge on any atom is 0.191 e. The van der Waals surface area contributed by atoms with Gasteiger partial charge in [0.2, 0.25) is 0 Å². The Morgan fingerprint density at radius 1 is 1.29 bits per heavy atom. The standard InChI is InChI=1S/C11H14BrNO/c1-8(2)6-14-7(13-8)9-3-10(9)5-11(10,12)4-9/h3-6H2,1-2H3. The molecule has 1 aliphatic heterocycles. The van der Waals surface area contributed by atoms with Gasteiger partial charge < -0.3 is 4.74 Å². The molecule has 0 radical (unpaired) electrons. The van der Waals surface area contributed by atoms with Gasteiger partial charge in [0.15, 0.2) is 5.90 Å². The monoisotopic (exact) mass is 255 g/mol. The third-order valence-corrected chi connectivity index (χ3v) is 5.99. The molecule has 3 aliphatic carbocycles. The Bertz CT molecular complexity index is 391. The summed E-state index contributed by atoms with van der Waals surface area (Å²) in [6.45, 7) is 5.08. The van der Waals surface area contributed by atoms with Crippen molar-refractivity contribution in [2.24, 2.45) is 15.8 Å². The molecule has 0 amide bonds. The number of aliphatic imine (C=N–C) groups is 1. The second kappa shape index (κ2) is 1.70. The lowest BCUT2D eigenvalue weighted by atomic mass is 9.84. The second-order valence-corrected chi connectivity index (χ2v) is 7.70. The highest BCUT2D eigenvalue weighted by Crippen LogP contribution is 2.99. The van der Waals surface area contributed by atoms with Crippen LogP contribution in [0.15, 0.2) is 4.99 Å². The molecule has 76 valence electrons. The van der Waals surface area contributed by atoms with Crippen LogP contribution >= 0.6 is 15.9 Å². The van der Waals surface area contributed by atoms with Crippen molar-refractivity contribution < 1.29 is 4.74 Å². The lowest BCUT2D eigenvalue weighted by molar-refractivity contribution is 0.244. The third-order valence-electron chi connectivity index (χ3n) is 4.67. The molecule has 14 heavy (non-hydrogen) atoms. The predicted octanol–water partition coefficient (Wildman–Crippen LogP) is 2.51. The van der Waals surface area contributed by atoms with Gasteiger partial charge in [-0.15, -0.1) is 0 Å². The molecule has 4 rings (SSSR count). The van der Waals surface area contributed by atoms with Crippen LogP contribution in [0.3, 0.4) is 0 Å². The van der Waals surface area contributed by atoms with Gasteiger partial charge in [0.1, 0.15) is 6.61 Å². The Balaban J connectivity index is 1.69. The molecule has 1 heterocycles. The van der Waals surface area contributed by atoms with E-state index < -0.39 is 0 Å². The van der Waals surface area contributed by atoms with Crippen LogP contribution in [0.5, 0.6) is 0 Å². The Kier molecular flexibility index (Phi) is 0.991. The van der Waals surface area contributed by atoms with Crippen molar-refractivity contribution in [3.8, 4) is 0 Å². The number of halogens is 1. The summed E-state index contributed by atoms with van der Waals surface area (Å²) in [7, 11) is 0. The van der Waals surface area contributed by atoms with E-state index in [-0.39, 0.29) is 5.54 Å². The molecule has 0 aromatic heterocycles. The first kappa shape index (κ1) is 8.14. The lowest BCUT2D eigenvalue weighted by Crippen LogP contribution is -2.33. The Morgan fingerprint density at radius 3 is 2.43 bits per heavy atom. The highest BCUT2D eigenvalue weighted by molar-refractivity contribution is 9.10. The summed E-state index contributed by atoms with van der Waals surface area (Å²) in [5.41, 5.74) is 0.983. The summed E-state index contributed by atoms with van der Waals surface area (Å²) in [6.07, 6.45) is 3.93. The van der Waals surface area contributed by atoms with Crippen LogP contribution < -0.4 is 0 Å². The Hall–Kier alpha value is -0.0500. The van der Waals surface area contributed by atoms with Crippen molar-refractivity contribution >= 4 is 21.8 Å². The fraction of sp³-hybridized carbons (Fsp3) is 0.909. The summed E-state index contributed by atoms with van der Waals surface area (Å²) < 4.78 is 6.28. The molecule has 0 aromatic carbocycles. The van der Waals surface area contributed by atoms with Gasteiger partial charge in [-0.05, 0) is 33.1 Å². The van der Waals surface area contributed by atoms with E-state index in [2.05, 4.69) is 29.8 Å². The van der Waals surface area contributed by atoms with Crippen molar-refractivity contribution in [1.29, 1.82) is 0 Å². The minimum absolute atomic E-state index is 0.0211. The van der Waals surface area contributed by atoms with Gasteiger partial charge >= 0.3 is 0 Å². The normalized spacial score (nSPS) is 60.4. The van der Waals surface area contributed by atoms with Crippen LogP contribution in [0.1, 0.15) is 33.1 Å².